The first kappa shape index (κ1) is 12.7. The van der Waals surface area contributed by atoms with Crippen LogP contribution in [-0.2, 0) is 37.4 Å². The molecule has 0 spiro atoms. The molecule has 0 bridgehead atoms. The number of aliphatic hydroxyl groups is 2. The maximum atomic E-state index is 9.21. The minimum atomic E-state index is -0.813. The van der Waals surface area contributed by atoms with E-state index in [1.54, 1.807) is 0 Å². The van der Waals surface area contributed by atoms with E-state index in [4.69, 9.17) is 9.84 Å². The van der Waals surface area contributed by atoms with Crippen LogP contribution in [-0.4, -0.2) is 35.1 Å². The van der Waals surface area contributed by atoms with E-state index in [0.717, 1.165) is 5.57 Å². The zero-order valence-corrected chi connectivity index (χ0v) is 10.2. The van der Waals surface area contributed by atoms with E-state index < -0.39 is 6.10 Å². The van der Waals surface area contributed by atoms with Gasteiger partial charge in [0.05, 0.1) is 12.7 Å². The van der Waals surface area contributed by atoms with Crippen molar-refractivity contribution in [2.24, 2.45) is 0 Å². The van der Waals surface area contributed by atoms with Crippen LogP contribution in [0.1, 0.15) is 13.8 Å². The van der Waals surface area contributed by atoms with Crippen LogP contribution in [0.15, 0.2) is 5.57 Å². The van der Waals surface area contributed by atoms with Crippen LogP contribution in [0.2, 0.25) is 0 Å². The Morgan fingerprint density at radius 1 is 1.67 bits per heavy atom. The van der Waals surface area contributed by atoms with Gasteiger partial charge in [0.2, 0.25) is 0 Å². The molecule has 0 aliphatic carbocycles. The predicted octanol–water partition coefficient (Wildman–Crippen LogP) is -0.126. The molecule has 67 valence electrons. The fourth-order valence-corrected chi connectivity index (χ4v) is 1.23. The van der Waals surface area contributed by atoms with Crippen LogP contribution in [0, 0.1) is 6.08 Å². The van der Waals surface area contributed by atoms with Gasteiger partial charge in [0.15, 0.2) is 0 Å². The molecule has 4 heteroatoms. The monoisotopic (exact) mass is 246 g/mol. The van der Waals surface area contributed by atoms with Gasteiger partial charge in [-0.1, -0.05) is 20.0 Å². The molecular formula is C8H13O3Y-. The average molecular weight is 246 g/mol. The largest absolute Gasteiger partial charge is 0.465 e. The van der Waals surface area contributed by atoms with Crippen LogP contribution in [0.25, 0.3) is 0 Å². The van der Waals surface area contributed by atoms with Crippen molar-refractivity contribution < 1.29 is 47.7 Å². The number of aliphatic hydroxyl groups excluding tert-OH is 2. The fraction of sp³-hybridized carbons (Fsp3) is 0.750. The Balaban J connectivity index is 0.00000121. The molecule has 3 unspecified atom stereocenters. The third-order valence-electron chi connectivity index (χ3n) is 1.74. The third-order valence-corrected chi connectivity index (χ3v) is 1.74. The molecule has 1 heterocycles. The average Bonchev–Trinajstić information content (AvgIpc) is 2.28. The van der Waals surface area contributed by atoms with E-state index in [1.165, 1.54) is 0 Å². The molecule has 0 aromatic carbocycles. The van der Waals surface area contributed by atoms with Gasteiger partial charge in [-0.2, -0.15) is 0 Å². The Morgan fingerprint density at radius 3 is 2.58 bits per heavy atom. The second-order valence-corrected chi connectivity index (χ2v) is 2.78. The van der Waals surface area contributed by atoms with Crippen LogP contribution in [0.5, 0.6) is 0 Å². The molecular weight excluding hydrogens is 233 g/mol. The summed E-state index contributed by atoms with van der Waals surface area (Å²) < 4.78 is 5.27. The number of ether oxygens (including phenoxy) is 1. The van der Waals surface area contributed by atoms with Crippen LogP contribution in [0.3, 0.4) is 0 Å². The van der Waals surface area contributed by atoms with Gasteiger partial charge in [0, 0.05) is 32.7 Å². The van der Waals surface area contributed by atoms with Gasteiger partial charge in [-0.05, 0) is 0 Å². The summed E-state index contributed by atoms with van der Waals surface area (Å²) in [5.41, 5.74) is 0.874. The van der Waals surface area contributed by atoms with Crippen molar-refractivity contribution in [2.45, 2.75) is 32.2 Å². The molecule has 2 N–H and O–H groups in total. The standard InChI is InChI=1S/C8H13O3.Y/c1-5-3-6(2)11-8(5)7(10)4-9;/h6-10H,4H2,1-2H3;/q-1;. The van der Waals surface area contributed by atoms with E-state index >= 15 is 0 Å². The minimum absolute atomic E-state index is 0. The molecule has 3 nitrogen and oxygen atoms in total. The van der Waals surface area contributed by atoms with Gasteiger partial charge >= 0.3 is 0 Å². The summed E-state index contributed by atoms with van der Waals surface area (Å²) in [4.78, 5) is 0. The summed E-state index contributed by atoms with van der Waals surface area (Å²) >= 11 is 0. The van der Waals surface area contributed by atoms with Gasteiger partial charge in [-0.3, -0.25) is 0 Å². The van der Waals surface area contributed by atoms with Gasteiger partial charge in [-0.15, -0.1) is 0 Å². The molecule has 0 aromatic rings. The van der Waals surface area contributed by atoms with E-state index in [9.17, 15) is 5.11 Å². The number of hydrogen-bond acceptors (Lipinski definition) is 3. The Morgan fingerprint density at radius 2 is 2.25 bits per heavy atom. The third kappa shape index (κ3) is 2.89. The molecule has 0 saturated heterocycles. The summed E-state index contributed by atoms with van der Waals surface area (Å²) in [5.74, 6) is 0. The van der Waals surface area contributed by atoms with Gasteiger partial charge in [0.25, 0.3) is 0 Å². The van der Waals surface area contributed by atoms with E-state index in [1.807, 2.05) is 13.8 Å². The molecule has 0 amide bonds. The van der Waals surface area contributed by atoms with Crippen molar-refractivity contribution in [3.63, 3.8) is 0 Å². The normalized spacial score (nSPS) is 30.8. The van der Waals surface area contributed by atoms with Crippen molar-refractivity contribution in [2.75, 3.05) is 6.61 Å². The second kappa shape index (κ2) is 5.45. The zero-order chi connectivity index (χ0) is 8.43. The zero-order valence-electron chi connectivity index (χ0n) is 7.32. The van der Waals surface area contributed by atoms with Crippen LogP contribution < -0.4 is 0 Å². The predicted molar refractivity (Wildman–Crippen MR) is 39.9 cm³/mol. The molecule has 1 aliphatic heterocycles. The maximum Gasteiger partial charge on any atom is 0.104 e. The summed E-state index contributed by atoms with van der Waals surface area (Å²) in [6.07, 6.45) is 1.76. The van der Waals surface area contributed by atoms with Gasteiger partial charge in [-0.25, -0.2) is 5.57 Å². The SMILES string of the molecule is CC1=[C-]C(C)OC1C(O)CO.[Y]. The van der Waals surface area contributed by atoms with Crippen molar-refractivity contribution in [1.29, 1.82) is 0 Å². The fourth-order valence-electron chi connectivity index (χ4n) is 1.23. The smallest absolute Gasteiger partial charge is 0.104 e. The first-order chi connectivity index (χ1) is 5.15. The molecule has 0 aromatic heterocycles. The molecule has 3 atom stereocenters. The van der Waals surface area contributed by atoms with Crippen molar-refractivity contribution in [3.05, 3.63) is 11.6 Å². The summed E-state index contributed by atoms with van der Waals surface area (Å²) in [6, 6.07) is 0. The quantitative estimate of drug-likeness (QED) is 0.667. The maximum absolute atomic E-state index is 9.21. The molecule has 0 fully saturated rings. The van der Waals surface area contributed by atoms with Crippen LogP contribution >= 0.6 is 0 Å². The summed E-state index contributed by atoms with van der Waals surface area (Å²) in [6.45, 7) is 3.43. The molecule has 1 aliphatic rings. The first-order valence-electron chi connectivity index (χ1n) is 3.69. The van der Waals surface area contributed by atoms with E-state index in [2.05, 4.69) is 6.08 Å². The Hall–Kier alpha value is 0.724. The minimum Gasteiger partial charge on any atom is -0.465 e. The number of hydrogen-bond donors (Lipinski definition) is 2. The molecule has 12 heavy (non-hydrogen) atoms. The molecule has 0 saturated carbocycles. The number of rotatable bonds is 2. The Kier molecular flexibility index (Phi) is 5.78. The topological polar surface area (TPSA) is 49.7 Å². The van der Waals surface area contributed by atoms with Gasteiger partial charge in [0.1, 0.15) is 6.10 Å². The van der Waals surface area contributed by atoms with Crippen LogP contribution in [0.4, 0.5) is 0 Å². The van der Waals surface area contributed by atoms with Gasteiger partial charge < -0.3 is 21.0 Å². The van der Waals surface area contributed by atoms with Crippen molar-refractivity contribution in [3.8, 4) is 0 Å². The van der Waals surface area contributed by atoms with Crippen molar-refractivity contribution >= 4 is 0 Å². The molecule has 1 rings (SSSR count). The summed E-state index contributed by atoms with van der Waals surface area (Å²) in [7, 11) is 0. The second-order valence-electron chi connectivity index (χ2n) is 2.78. The van der Waals surface area contributed by atoms with Crippen molar-refractivity contribution in [1.82, 2.24) is 0 Å². The first-order valence-corrected chi connectivity index (χ1v) is 3.69. The Bertz CT molecular complexity index is 170. The van der Waals surface area contributed by atoms with E-state index in [0.29, 0.717) is 0 Å². The van der Waals surface area contributed by atoms with E-state index in [-0.39, 0.29) is 51.5 Å². The summed E-state index contributed by atoms with van der Waals surface area (Å²) in [5, 5.41) is 17.8. The Labute approximate surface area is 97.7 Å². The molecule has 1 radical (unpaired) electrons.